The summed E-state index contributed by atoms with van der Waals surface area (Å²) >= 11 is 0. The molecular formula is C23H22N4O. The summed E-state index contributed by atoms with van der Waals surface area (Å²) in [6, 6.07) is 23.7. The van der Waals surface area contributed by atoms with E-state index >= 15 is 0 Å². The Labute approximate surface area is 164 Å². The van der Waals surface area contributed by atoms with Crippen LogP contribution in [0.2, 0.25) is 0 Å². The van der Waals surface area contributed by atoms with Crippen LogP contribution in [0.5, 0.6) is 0 Å². The van der Waals surface area contributed by atoms with Crippen LogP contribution in [-0.2, 0) is 13.6 Å². The quantitative estimate of drug-likeness (QED) is 0.575. The van der Waals surface area contributed by atoms with Crippen molar-refractivity contribution in [2.24, 2.45) is 7.05 Å². The zero-order valence-electron chi connectivity index (χ0n) is 16.0. The number of rotatable bonds is 5. The number of aryl methyl sites for hydroxylation is 2. The highest BCUT2D eigenvalue weighted by Gasteiger charge is 2.18. The van der Waals surface area contributed by atoms with Crippen LogP contribution in [0, 0.1) is 6.92 Å². The predicted octanol–water partition coefficient (Wildman–Crippen LogP) is 4.12. The van der Waals surface area contributed by atoms with Gasteiger partial charge in [0.05, 0.1) is 11.4 Å². The van der Waals surface area contributed by atoms with Gasteiger partial charge in [-0.3, -0.25) is 4.79 Å². The van der Waals surface area contributed by atoms with E-state index in [1.165, 1.54) is 0 Å². The van der Waals surface area contributed by atoms with E-state index in [1.54, 1.807) is 4.68 Å². The van der Waals surface area contributed by atoms with Crippen molar-refractivity contribution in [1.29, 1.82) is 0 Å². The molecule has 0 aliphatic carbocycles. The van der Waals surface area contributed by atoms with Gasteiger partial charge in [0.2, 0.25) is 0 Å². The lowest BCUT2D eigenvalue weighted by molar-refractivity contribution is 0.0943. The first-order valence-electron chi connectivity index (χ1n) is 9.23. The lowest BCUT2D eigenvalue weighted by Gasteiger charge is -2.09. The van der Waals surface area contributed by atoms with Gasteiger partial charge >= 0.3 is 0 Å². The fourth-order valence-electron chi connectivity index (χ4n) is 3.22. The lowest BCUT2D eigenvalue weighted by Crippen LogP contribution is -2.25. The van der Waals surface area contributed by atoms with Crippen molar-refractivity contribution in [2.75, 3.05) is 0 Å². The number of hydrogen-bond donors (Lipinski definition) is 1. The molecule has 0 unspecified atom stereocenters. The number of hydrogen-bond acceptors (Lipinski definition) is 2. The Kier molecular flexibility index (Phi) is 4.81. The van der Waals surface area contributed by atoms with E-state index in [1.807, 2.05) is 97.5 Å². The number of nitrogens with zero attached hydrogens (tertiary/aromatic N) is 3. The van der Waals surface area contributed by atoms with Gasteiger partial charge in [-0.2, -0.15) is 5.10 Å². The molecule has 1 amide bonds. The summed E-state index contributed by atoms with van der Waals surface area (Å²) in [5, 5.41) is 7.74. The summed E-state index contributed by atoms with van der Waals surface area (Å²) in [5.74, 6) is -0.154. The van der Waals surface area contributed by atoms with Crippen molar-refractivity contribution in [2.45, 2.75) is 13.5 Å². The first kappa shape index (κ1) is 17.8. The predicted molar refractivity (Wildman–Crippen MR) is 110 cm³/mol. The Balaban J connectivity index is 1.71. The molecule has 0 spiro atoms. The van der Waals surface area contributed by atoms with Gasteiger partial charge in [-0.15, -0.1) is 0 Å². The van der Waals surface area contributed by atoms with Crippen LogP contribution in [-0.4, -0.2) is 20.3 Å². The number of carbonyl (C=O) groups is 1. The van der Waals surface area contributed by atoms with Crippen molar-refractivity contribution in [3.05, 3.63) is 95.8 Å². The number of benzene rings is 2. The van der Waals surface area contributed by atoms with Gasteiger partial charge in [0.15, 0.2) is 0 Å². The summed E-state index contributed by atoms with van der Waals surface area (Å²) in [5.41, 5.74) is 5.27. The Hall–Kier alpha value is -3.60. The molecule has 0 saturated heterocycles. The highest BCUT2D eigenvalue weighted by atomic mass is 16.2. The SMILES string of the molecule is Cc1cccc(-n2nc(-c3cccn3C)cc2C(=O)NCc2ccccc2)c1. The molecule has 4 aromatic rings. The Morgan fingerprint density at radius 2 is 1.82 bits per heavy atom. The minimum Gasteiger partial charge on any atom is -0.349 e. The van der Waals surface area contributed by atoms with Crippen molar-refractivity contribution in [3.63, 3.8) is 0 Å². The third-order valence-electron chi connectivity index (χ3n) is 4.69. The molecule has 0 radical (unpaired) electrons. The summed E-state index contributed by atoms with van der Waals surface area (Å²) in [6.45, 7) is 2.50. The van der Waals surface area contributed by atoms with Gasteiger partial charge in [0, 0.05) is 19.8 Å². The normalized spacial score (nSPS) is 10.8. The number of nitrogens with one attached hydrogen (secondary N) is 1. The molecule has 28 heavy (non-hydrogen) atoms. The van der Waals surface area contributed by atoms with Crippen molar-refractivity contribution >= 4 is 5.91 Å². The van der Waals surface area contributed by atoms with E-state index in [0.717, 1.165) is 28.2 Å². The molecule has 0 saturated carbocycles. The molecule has 140 valence electrons. The zero-order chi connectivity index (χ0) is 19.5. The largest absolute Gasteiger partial charge is 0.349 e. The summed E-state index contributed by atoms with van der Waals surface area (Å²) in [7, 11) is 1.97. The van der Waals surface area contributed by atoms with Gasteiger partial charge in [-0.1, -0.05) is 42.5 Å². The summed E-state index contributed by atoms with van der Waals surface area (Å²) in [6.07, 6.45) is 1.97. The van der Waals surface area contributed by atoms with Gasteiger partial charge in [0.1, 0.15) is 11.4 Å². The topological polar surface area (TPSA) is 51.9 Å². The molecule has 1 N–H and O–H groups in total. The molecule has 2 aromatic carbocycles. The second-order valence-electron chi connectivity index (χ2n) is 6.84. The Morgan fingerprint density at radius 1 is 1.00 bits per heavy atom. The van der Waals surface area contributed by atoms with Crippen LogP contribution >= 0.6 is 0 Å². The lowest BCUT2D eigenvalue weighted by atomic mass is 10.2. The van der Waals surface area contributed by atoms with Crippen LogP contribution in [0.3, 0.4) is 0 Å². The van der Waals surface area contributed by atoms with Gasteiger partial charge < -0.3 is 9.88 Å². The number of aromatic nitrogens is 3. The molecule has 5 heteroatoms. The van der Waals surface area contributed by atoms with E-state index in [2.05, 4.69) is 5.32 Å². The zero-order valence-corrected chi connectivity index (χ0v) is 16.0. The second-order valence-corrected chi connectivity index (χ2v) is 6.84. The van der Waals surface area contributed by atoms with Gasteiger partial charge in [-0.25, -0.2) is 4.68 Å². The molecule has 5 nitrogen and oxygen atoms in total. The molecular weight excluding hydrogens is 348 g/mol. The molecule has 0 aliphatic heterocycles. The Morgan fingerprint density at radius 3 is 2.54 bits per heavy atom. The summed E-state index contributed by atoms with van der Waals surface area (Å²) < 4.78 is 3.71. The number of amides is 1. The third kappa shape index (κ3) is 3.60. The average Bonchev–Trinajstić information content (AvgIpc) is 3.33. The van der Waals surface area contributed by atoms with E-state index < -0.39 is 0 Å². The Bertz CT molecular complexity index is 1110. The molecule has 0 bridgehead atoms. The van der Waals surface area contributed by atoms with Crippen LogP contribution in [0.15, 0.2) is 79.0 Å². The van der Waals surface area contributed by atoms with Crippen LogP contribution in [0.4, 0.5) is 0 Å². The maximum atomic E-state index is 13.0. The van der Waals surface area contributed by atoms with E-state index in [9.17, 15) is 4.79 Å². The van der Waals surface area contributed by atoms with Gasteiger partial charge in [-0.05, 0) is 48.4 Å². The fraction of sp³-hybridized carbons (Fsp3) is 0.130. The van der Waals surface area contributed by atoms with Crippen LogP contribution in [0.1, 0.15) is 21.6 Å². The van der Waals surface area contributed by atoms with Crippen LogP contribution in [0.25, 0.3) is 17.1 Å². The van der Waals surface area contributed by atoms with Crippen molar-refractivity contribution < 1.29 is 4.79 Å². The van der Waals surface area contributed by atoms with Crippen molar-refractivity contribution in [3.8, 4) is 17.1 Å². The minimum atomic E-state index is -0.154. The van der Waals surface area contributed by atoms with E-state index in [-0.39, 0.29) is 5.91 Å². The number of carbonyl (C=O) groups excluding carboxylic acids is 1. The van der Waals surface area contributed by atoms with Gasteiger partial charge in [0.25, 0.3) is 5.91 Å². The first-order chi connectivity index (χ1) is 13.6. The van der Waals surface area contributed by atoms with E-state index in [4.69, 9.17) is 5.10 Å². The standard InChI is InChI=1S/C23H22N4O/c1-17-8-6-11-19(14-17)27-22(15-20(25-27)21-12-7-13-26(21)2)23(28)24-16-18-9-4-3-5-10-18/h3-15H,16H2,1-2H3,(H,24,28). The fourth-order valence-corrected chi connectivity index (χ4v) is 3.22. The minimum absolute atomic E-state index is 0.154. The molecule has 2 heterocycles. The average molecular weight is 370 g/mol. The monoisotopic (exact) mass is 370 g/mol. The molecule has 0 aliphatic rings. The molecule has 2 aromatic heterocycles. The third-order valence-corrected chi connectivity index (χ3v) is 4.69. The molecule has 0 atom stereocenters. The van der Waals surface area contributed by atoms with Crippen LogP contribution < -0.4 is 5.32 Å². The highest BCUT2D eigenvalue weighted by molar-refractivity contribution is 5.94. The highest BCUT2D eigenvalue weighted by Crippen LogP contribution is 2.22. The second kappa shape index (κ2) is 7.56. The maximum Gasteiger partial charge on any atom is 0.270 e. The molecule has 0 fully saturated rings. The maximum absolute atomic E-state index is 13.0. The summed E-state index contributed by atoms with van der Waals surface area (Å²) in [4.78, 5) is 13.0. The van der Waals surface area contributed by atoms with Crippen molar-refractivity contribution in [1.82, 2.24) is 19.7 Å². The van der Waals surface area contributed by atoms with E-state index in [0.29, 0.717) is 12.2 Å². The smallest absolute Gasteiger partial charge is 0.270 e. The molecule has 4 rings (SSSR count). The first-order valence-corrected chi connectivity index (χ1v) is 9.23.